The molecule has 1 aromatic carbocycles. The zero-order chi connectivity index (χ0) is 23.8. The minimum Gasteiger partial charge on any atom is -0.349 e. The molecule has 4 rings (SSSR count). The third-order valence-corrected chi connectivity index (χ3v) is 5.17. The number of carbonyl (C=O) groups is 1. The molecule has 0 atom stereocenters. The van der Waals surface area contributed by atoms with Crippen molar-refractivity contribution in [3.63, 3.8) is 0 Å². The highest BCUT2D eigenvalue weighted by molar-refractivity contribution is 6.07. The Labute approximate surface area is 186 Å². The Bertz CT molecular complexity index is 1190. The number of hydrogen-bond acceptors (Lipinski definition) is 6. The Hall–Kier alpha value is -3.63. The van der Waals surface area contributed by atoms with Crippen molar-refractivity contribution in [2.45, 2.75) is 32.1 Å². The van der Waals surface area contributed by atoms with E-state index in [2.05, 4.69) is 25.3 Å². The number of hydrogen-bond donors (Lipinski definition) is 1. The standard InChI is InChI=1S/C22H20F4N6O/c1-12(2)19-27-8-13(9-28-19)21(33)31-18-17(15-7-14(23)3-4-16(15)24)29-11-30-20(18)32-6-5-22(25,26)10-32/h3-4,7-9,11-12H,5-6,10H2,1-2H3,(H,31,33). The van der Waals surface area contributed by atoms with Gasteiger partial charge < -0.3 is 10.2 Å². The van der Waals surface area contributed by atoms with Gasteiger partial charge in [0.2, 0.25) is 0 Å². The molecule has 2 aromatic heterocycles. The molecule has 1 fully saturated rings. The predicted molar refractivity (Wildman–Crippen MR) is 113 cm³/mol. The summed E-state index contributed by atoms with van der Waals surface area (Å²) in [5, 5.41) is 2.57. The summed E-state index contributed by atoms with van der Waals surface area (Å²) in [4.78, 5) is 30.6. The Morgan fingerprint density at radius 3 is 2.48 bits per heavy atom. The summed E-state index contributed by atoms with van der Waals surface area (Å²) in [5.74, 6) is -4.58. The first-order chi connectivity index (χ1) is 15.6. The van der Waals surface area contributed by atoms with Crippen LogP contribution >= 0.6 is 0 Å². The molecule has 1 aliphatic rings. The fourth-order valence-electron chi connectivity index (χ4n) is 3.47. The van der Waals surface area contributed by atoms with E-state index in [9.17, 15) is 22.4 Å². The fourth-order valence-corrected chi connectivity index (χ4v) is 3.47. The number of anilines is 2. The molecule has 0 saturated carbocycles. The number of nitrogens with zero attached hydrogens (tertiary/aromatic N) is 5. The Morgan fingerprint density at radius 1 is 1.12 bits per heavy atom. The highest BCUT2D eigenvalue weighted by Crippen LogP contribution is 2.38. The largest absolute Gasteiger partial charge is 0.349 e. The third-order valence-electron chi connectivity index (χ3n) is 5.17. The SMILES string of the molecule is CC(C)c1ncc(C(=O)Nc2c(-c3cc(F)ccc3F)ncnc2N2CCC(F)(F)C2)cn1. The van der Waals surface area contributed by atoms with Crippen molar-refractivity contribution < 1.29 is 22.4 Å². The van der Waals surface area contributed by atoms with Gasteiger partial charge in [-0.3, -0.25) is 4.79 Å². The van der Waals surface area contributed by atoms with Crippen LogP contribution in [0, 0.1) is 11.6 Å². The maximum atomic E-state index is 14.6. The van der Waals surface area contributed by atoms with E-state index in [1.54, 1.807) is 0 Å². The monoisotopic (exact) mass is 460 g/mol. The van der Waals surface area contributed by atoms with E-state index in [4.69, 9.17) is 0 Å². The van der Waals surface area contributed by atoms with Gasteiger partial charge in [-0.05, 0) is 18.2 Å². The third kappa shape index (κ3) is 4.76. The Kier molecular flexibility index (Phi) is 5.96. The van der Waals surface area contributed by atoms with E-state index in [0.717, 1.165) is 24.5 Å². The van der Waals surface area contributed by atoms with Crippen molar-refractivity contribution in [3.05, 3.63) is 59.9 Å². The molecule has 0 radical (unpaired) electrons. The van der Waals surface area contributed by atoms with Gasteiger partial charge in [-0.1, -0.05) is 13.8 Å². The lowest BCUT2D eigenvalue weighted by Gasteiger charge is -2.22. The molecule has 1 amide bonds. The molecule has 33 heavy (non-hydrogen) atoms. The number of halogens is 4. The van der Waals surface area contributed by atoms with Gasteiger partial charge in [-0.25, -0.2) is 37.5 Å². The second-order valence-electron chi connectivity index (χ2n) is 8.01. The summed E-state index contributed by atoms with van der Waals surface area (Å²) in [5.41, 5.74) is -0.407. The molecule has 3 aromatic rings. The van der Waals surface area contributed by atoms with Gasteiger partial charge in [-0.15, -0.1) is 0 Å². The number of aromatic nitrogens is 4. The van der Waals surface area contributed by atoms with Crippen LogP contribution in [0.2, 0.25) is 0 Å². The van der Waals surface area contributed by atoms with E-state index < -0.39 is 36.4 Å². The van der Waals surface area contributed by atoms with Crippen molar-refractivity contribution in [1.29, 1.82) is 0 Å². The zero-order valence-corrected chi connectivity index (χ0v) is 17.8. The van der Waals surface area contributed by atoms with Gasteiger partial charge in [-0.2, -0.15) is 0 Å². The van der Waals surface area contributed by atoms with Gasteiger partial charge in [0.05, 0.1) is 12.1 Å². The molecule has 0 spiro atoms. The highest BCUT2D eigenvalue weighted by Gasteiger charge is 2.40. The quantitative estimate of drug-likeness (QED) is 0.567. The normalized spacial score (nSPS) is 15.2. The molecule has 0 aliphatic carbocycles. The molecule has 11 heteroatoms. The van der Waals surface area contributed by atoms with Crippen molar-refractivity contribution in [3.8, 4) is 11.3 Å². The lowest BCUT2D eigenvalue weighted by atomic mass is 10.1. The van der Waals surface area contributed by atoms with Gasteiger partial charge >= 0.3 is 0 Å². The van der Waals surface area contributed by atoms with E-state index in [1.165, 1.54) is 17.3 Å². The van der Waals surface area contributed by atoms with Crippen LogP contribution in [0.25, 0.3) is 11.3 Å². The molecule has 1 saturated heterocycles. The van der Waals surface area contributed by atoms with Crippen molar-refractivity contribution in [2.24, 2.45) is 0 Å². The van der Waals surface area contributed by atoms with E-state index in [1.807, 2.05) is 13.8 Å². The van der Waals surface area contributed by atoms with Crippen LogP contribution in [0.3, 0.4) is 0 Å². The van der Waals surface area contributed by atoms with Crippen molar-refractivity contribution in [2.75, 3.05) is 23.3 Å². The second kappa shape index (κ2) is 8.72. The molecule has 0 unspecified atom stereocenters. The first-order valence-corrected chi connectivity index (χ1v) is 10.2. The van der Waals surface area contributed by atoms with Gasteiger partial charge in [0.25, 0.3) is 11.8 Å². The molecule has 1 aliphatic heterocycles. The minimum absolute atomic E-state index is 0.0195. The second-order valence-corrected chi connectivity index (χ2v) is 8.01. The summed E-state index contributed by atoms with van der Waals surface area (Å²) >= 11 is 0. The number of amides is 1. The maximum absolute atomic E-state index is 14.6. The Balaban J connectivity index is 1.78. The minimum atomic E-state index is -2.95. The van der Waals surface area contributed by atoms with Gasteiger partial charge in [0, 0.05) is 36.8 Å². The van der Waals surface area contributed by atoms with Crippen LogP contribution in [0.15, 0.2) is 36.9 Å². The number of benzene rings is 1. The maximum Gasteiger partial charge on any atom is 0.266 e. The lowest BCUT2D eigenvalue weighted by molar-refractivity contribution is 0.0257. The lowest BCUT2D eigenvalue weighted by Crippen LogP contribution is -2.27. The average molecular weight is 460 g/mol. The highest BCUT2D eigenvalue weighted by atomic mass is 19.3. The zero-order valence-electron chi connectivity index (χ0n) is 17.8. The van der Waals surface area contributed by atoms with E-state index in [0.29, 0.717) is 5.82 Å². The van der Waals surface area contributed by atoms with Crippen LogP contribution in [-0.2, 0) is 0 Å². The smallest absolute Gasteiger partial charge is 0.266 e. The van der Waals surface area contributed by atoms with Gasteiger partial charge in [0.1, 0.15) is 35.2 Å². The summed E-state index contributed by atoms with van der Waals surface area (Å²) in [6.07, 6.45) is 3.31. The van der Waals surface area contributed by atoms with Crippen LogP contribution < -0.4 is 10.2 Å². The summed E-state index contributed by atoms with van der Waals surface area (Å²) in [6.45, 7) is 3.12. The summed E-state index contributed by atoms with van der Waals surface area (Å²) in [7, 11) is 0. The fraction of sp³-hybridized carbons (Fsp3) is 0.318. The molecule has 172 valence electrons. The number of rotatable bonds is 5. The van der Waals surface area contributed by atoms with Gasteiger partial charge in [0.15, 0.2) is 5.82 Å². The van der Waals surface area contributed by atoms with Crippen molar-refractivity contribution in [1.82, 2.24) is 19.9 Å². The Morgan fingerprint density at radius 2 is 1.85 bits per heavy atom. The summed E-state index contributed by atoms with van der Waals surface area (Å²) < 4.78 is 56.2. The van der Waals surface area contributed by atoms with Crippen molar-refractivity contribution >= 4 is 17.4 Å². The number of carbonyl (C=O) groups excluding carboxylic acids is 1. The van der Waals surface area contributed by atoms with Crippen LogP contribution in [0.1, 0.15) is 42.4 Å². The van der Waals surface area contributed by atoms with E-state index >= 15 is 0 Å². The van der Waals surface area contributed by atoms with E-state index in [-0.39, 0.29) is 40.8 Å². The average Bonchev–Trinajstić information content (AvgIpc) is 3.15. The molecular weight excluding hydrogens is 440 g/mol. The number of alkyl halides is 2. The van der Waals surface area contributed by atoms with Crippen LogP contribution in [0.4, 0.5) is 29.1 Å². The molecule has 0 bridgehead atoms. The number of nitrogens with one attached hydrogen (secondary N) is 1. The molecule has 3 heterocycles. The van der Waals surface area contributed by atoms with Crippen LogP contribution in [0.5, 0.6) is 0 Å². The topological polar surface area (TPSA) is 83.9 Å². The van der Waals surface area contributed by atoms with Crippen LogP contribution in [-0.4, -0.2) is 44.9 Å². The molecular formula is C22H20F4N6O. The summed E-state index contributed by atoms with van der Waals surface area (Å²) in [6, 6.07) is 2.77. The first-order valence-electron chi connectivity index (χ1n) is 10.2. The molecule has 7 nitrogen and oxygen atoms in total. The molecule has 1 N–H and O–H groups in total. The predicted octanol–water partition coefficient (Wildman–Crippen LogP) is 4.43. The first kappa shape index (κ1) is 22.6.